The second-order valence-electron chi connectivity index (χ2n) is 4.37. The second-order valence-corrected chi connectivity index (χ2v) is 4.78. The fourth-order valence-electron chi connectivity index (χ4n) is 1.66. The van der Waals surface area contributed by atoms with E-state index in [1.807, 2.05) is 0 Å². The Bertz CT molecular complexity index is 749. The summed E-state index contributed by atoms with van der Waals surface area (Å²) < 4.78 is 55.9. The van der Waals surface area contributed by atoms with E-state index in [1.165, 1.54) is 6.07 Å². The van der Waals surface area contributed by atoms with Crippen LogP contribution in [-0.2, 0) is 12.8 Å². The second kappa shape index (κ2) is 6.41. The molecule has 0 bridgehead atoms. The Labute approximate surface area is 132 Å². The lowest BCUT2D eigenvalue weighted by Crippen LogP contribution is -2.08. The molecule has 9 heteroatoms. The first-order valence-corrected chi connectivity index (χ1v) is 6.44. The first-order chi connectivity index (χ1) is 10.7. The highest BCUT2D eigenvalue weighted by Gasteiger charge is 2.31. The van der Waals surface area contributed by atoms with E-state index >= 15 is 0 Å². The molecule has 1 aromatic carbocycles. The number of rotatable bonds is 4. The summed E-state index contributed by atoms with van der Waals surface area (Å²) in [5, 5.41) is 8.49. The molecule has 0 aliphatic rings. The lowest BCUT2D eigenvalue weighted by atomic mass is 10.2. The molecule has 0 spiro atoms. The quantitative estimate of drug-likeness (QED) is 0.842. The van der Waals surface area contributed by atoms with Crippen molar-refractivity contribution >= 4 is 17.6 Å². The standard InChI is InChI=1S/C14H8ClF4NO3/c15-9-5-7(14(17,18)19)1-4-11(9)23-6-8-2-3-10(16)12(20-8)13(21)22/h1-5H,6H2,(H,21,22). The van der Waals surface area contributed by atoms with Gasteiger partial charge in [-0.15, -0.1) is 0 Å². The maximum atomic E-state index is 13.2. The van der Waals surface area contributed by atoms with Gasteiger partial charge in [-0.3, -0.25) is 0 Å². The molecule has 0 radical (unpaired) electrons. The third-order valence-corrected chi connectivity index (χ3v) is 3.04. The molecule has 4 nitrogen and oxygen atoms in total. The van der Waals surface area contributed by atoms with Gasteiger partial charge in [-0.05, 0) is 30.3 Å². The minimum Gasteiger partial charge on any atom is -0.486 e. The average molecular weight is 350 g/mol. The van der Waals surface area contributed by atoms with Gasteiger partial charge in [0.2, 0.25) is 0 Å². The summed E-state index contributed by atoms with van der Waals surface area (Å²) in [6, 6.07) is 4.63. The van der Waals surface area contributed by atoms with Gasteiger partial charge in [0.05, 0.1) is 16.3 Å². The van der Waals surface area contributed by atoms with Gasteiger partial charge in [0, 0.05) is 0 Å². The van der Waals surface area contributed by atoms with Crippen LogP contribution in [0.2, 0.25) is 5.02 Å². The lowest BCUT2D eigenvalue weighted by molar-refractivity contribution is -0.137. The molecule has 0 saturated heterocycles. The molecular weight excluding hydrogens is 342 g/mol. The fraction of sp³-hybridized carbons (Fsp3) is 0.143. The van der Waals surface area contributed by atoms with E-state index in [0.29, 0.717) is 6.07 Å². The smallest absolute Gasteiger partial charge is 0.416 e. The van der Waals surface area contributed by atoms with Crippen molar-refractivity contribution in [3.63, 3.8) is 0 Å². The van der Waals surface area contributed by atoms with Crippen LogP contribution in [0.5, 0.6) is 5.75 Å². The molecule has 0 fully saturated rings. The number of alkyl halides is 3. The summed E-state index contributed by atoms with van der Waals surface area (Å²) in [4.78, 5) is 14.3. The molecule has 0 amide bonds. The molecule has 1 N–H and O–H groups in total. The average Bonchev–Trinajstić information content (AvgIpc) is 2.46. The van der Waals surface area contributed by atoms with E-state index in [0.717, 1.165) is 18.2 Å². The molecule has 1 heterocycles. The first kappa shape index (κ1) is 17.0. The molecule has 0 atom stereocenters. The zero-order valence-electron chi connectivity index (χ0n) is 11.2. The van der Waals surface area contributed by atoms with Gasteiger partial charge in [-0.2, -0.15) is 13.2 Å². The highest BCUT2D eigenvalue weighted by Crippen LogP contribution is 2.34. The Hall–Kier alpha value is -2.35. The van der Waals surface area contributed by atoms with Crippen LogP contribution in [0, 0.1) is 5.82 Å². The van der Waals surface area contributed by atoms with Crippen molar-refractivity contribution in [3.8, 4) is 5.75 Å². The largest absolute Gasteiger partial charge is 0.486 e. The van der Waals surface area contributed by atoms with E-state index in [-0.39, 0.29) is 23.1 Å². The Kier molecular flexibility index (Phi) is 4.74. The van der Waals surface area contributed by atoms with E-state index in [4.69, 9.17) is 21.4 Å². The van der Waals surface area contributed by atoms with Crippen molar-refractivity contribution in [2.75, 3.05) is 0 Å². The molecule has 0 aliphatic heterocycles. The topological polar surface area (TPSA) is 59.4 Å². The Morgan fingerprint density at radius 2 is 1.96 bits per heavy atom. The van der Waals surface area contributed by atoms with Gasteiger partial charge in [0.25, 0.3) is 0 Å². The number of ether oxygens (including phenoxy) is 1. The number of halogens is 5. The van der Waals surface area contributed by atoms with Crippen molar-refractivity contribution in [2.24, 2.45) is 0 Å². The number of nitrogens with zero attached hydrogens (tertiary/aromatic N) is 1. The maximum Gasteiger partial charge on any atom is 0.416 e. The minimum absolute atomic E-state index is 0.0392. The third kappa shape index (κ3) is 4.10. The highest BCUT2D eigenvalue weighted by molar-refractivity contribution is 6.32. The van der Waals surface area contributed by atoms with E-state index in [2.05, 4.69) is 4.98 Å². The van der Waals surface area contributed by atoms with Gasteiger partial charge in [0.1, 0.15) is 12.4 Å². The first-order valence-electron chi connectivity index (χ1n) is 6.06. The Balaban J connectivity index is 2.15. The van der Waals surface area contributed by atoms with Crippen molar-refractivity contribution < 1.29 is 32.2 Å². The molecule has 0 saturated carbocycles. The molecule has 0 unspecified atom stereocenters. The summed E-state index contributed by atoms with van der Waals surface area (Å²) in [5.41, 5.74) is -1.62. The van der Waals surface area contributed by atoms with Gasteiger partial charge in [-0.25, -0.2) is 14.2 Å². The fourth-order valence-corrected chi connectivity index (χ4v) is 1.89. The number of carboxylic acid groups (broad SMARTS) is 1. The summed E-state index contributed by atoms with van der Waals surface area (Å²) in [7, 11) is 0. The van der Waals surface area contributed by atoms with Gasteiger partial charge in [-0.1, -0.05) is 11.6 Å². The molecule has 122 valence electrons. The maximum absolute atomic E-state index is 13.2. The predicted octanol–water partition coefficient (Wildman–Crippen LogP) is 4.17. The molecule has 0 aliphatic carbocycles. The Morgan fingerprint density at radius 3 is 2.52 bits per heavy atom. The molecule has 1 aromatic heterocycles. The Morgan fingerprint density at radius 1 is 1.26 bits per heavy atom. The van der Waals surface area contributed by atoms with Gasteiger partial charge >= 0.3 is 12.1 Å². The highest BCUT2D eigenvalue weighted by atomic mass is 35.5. The third-order valence-electron chi connectivity index (χ3n) is 2.74. The number of carbonyl (C=O) groups is 1. The molecular formula is C14H8ClF4NO3. The van der Waals surface area contributed by atoms with Crippen LogP contribution in [0.1, 0.15) is 21.7 Å². The number of benzene rings is 1. The zero-order valence-corrected chi connectivity index (χ0v) is 12.0. The number of aromatic carboxylic acids is 1. The number of pyridine rings is 1. The monoisotopic (exact) mass is 349 g/mol. The summed E-state index contributed by atoms with van der Waals surface area (Å²) in [6.07, 6.45) is -4.53. The van der Waals surface area contributed by atoms with Crippen molar-refractivity contribution in [2.45, 2.75) is 12.8 Å². The minimum atomic E-state index is -4.53. The van der Waals surface area contributed by atoms with Crippen LogP contribution in [0.3, 0.4) is 0 Å². The van der Waals surface area contributed by atoms with Gasteiger partial charge in [0.15, 0.2) is 11.5 Å². The lowest BCUT2D eigenvalue weighted by Gasteiger charge is -2.11. The van der Waals surface area contributed by atoms with Crippen molar-refractivity contribution in [1.82, 2.24) is 4.98 Å². The molecule has 2 rings (SSSR count). The van der Waals surface area contributed by atoms with Crippen LogP contribution in [0.4, 0.5) is 17.6 Å². The van der Waals surface area contributed by atoms with E-state index in [9.17, 15) is 22.4 Å². The van der Waals surface area contributed by atoms with Crippen molar-refractivity contribution in [1.29, 1.82) is 0 Å². The van der Waals surface area contributed by atoms with Crippen LogP contribution in [-0.4, -0.2) is 16.1 Å². The normalized spacial score (nSPS) is 11.3. The molecule has 23 heavy (non-hydrogen) atoms. The van der Waals surface area contributed by atoms with Crippen LogP contribution >= 0.6 is 11.6 Å². The van der Waals surface area contributed by atoms with E-state index in [1.54, 1.807) is 0 Å². The number of carboxylic acids is 1. The summed E-state index contributed by atoms with van der Waals surface area (Å²) in [5.74, 6) is -2.59. The van der Waals surface area contributed by atoms with Crippen LogP contribution in [0.15, 0.2) is 30.3 Å². The molecule has 2 aromatic rings. The number of hydrogen-bond acceptors (Lipinski definition) is 3. The summed E-state index contributed by atoms with van der Waals surface area (Å²) >= 11 is 5.71. The number of aromatic nitrogens is 1. The van der Waals surface area contributed by atoms with Crippen LogP contribution in [0.25, 0.3) is 0 Å². The van der Waals surface area contributed by atoms with Crippen LogP contribution < -0.4 is 4.74 Å². The summed E-state index contributed by atoms with van der Waals surface area (Å²) in [6.45, 7) is -0.286. The SMILES string of the molecule is O=C(O)c1nc(COc2ccc(C(F)(F)F)cc2Cl)ccc1F. The van der Waals surface area contributed by atoms with E-state index < -0.39 is 29.2 Å². The van der Waals surface area contributed by atoms with Gasteiger partial charge < -0.3 is 9.84 Å². The predicted molar refractivity (Wildman–Crippen MR) is 71.9 cm³/mol. The van der Waals surface area contributed by atoms with Crippen molar-refractivity contribution in [3.05, 3.63) is 58.1 Å². The number of hydrogen-bond donors (Lipinski definition) is 1. The zero-order chi connectivity index (χ0) is 17.2.